The summed E-state index contributed by atoms with van der Waals surface area (Å²) in [6.07, 6.45) is -0.646. The van der Waals surface area contributed by atoms with Gasteiger partial charge in [0.15, 0.2) is 5.78 Å². The molecule has 2 heterocycles. The molecule has 1 aromatic heterocycles. The maximum absolute atomic E-state index is 12.9. The van der Waals surface area contributed by atoms with Gasteiger partial charge in [0.05, 0.1) is 0 Å². The van der Waals surface area contributed by atoms with Crippen molar-refractivity contribution in [3.63, 3.8) is 0 Å². The summed E-state index contributed by atoms with van der Waals surface area (Å²) in [7, 11) is 0. The Morgan fingerprint density at radius 2 is 1.87 bits per heavy atom. The summed E-state index contributed by atoms with van der Waals surface area (Å²) in [4.78, 5) is 34.0. The normalized spacial score (nSPS) is 17.8. The lowest BCUT2D eigenvalue weighted by atomic mass is 9.88. The van der Waals surface area contributed by atoms with Gasteiger partial charge < -0.3 is 9.64 Å². The van der Waals surface area contributed by atoms with Crippen molar-refractivity contribution in [2.24, 2.45) is 5.92 Å². The number of Topliss-reactive ketones (excluding diaryl/α,β-unsaturated/α-hetero) is 1. The molecule has 1 atom stereocenters. The van der Waals surface area contributed by atoms with Gasteiger partial charge in [-0.05, 0) is 55.2 Å². The van der Waals surface area contributed by atoms with Crippen LogP contribution in [-0.4, -0.2) is 35.2 Å². The van der Waals surface area contributed by atoms with Gasteiger partial charge in [0.2, 0.25) is 5.95 Å². The van der Waals surface area contributed by atoms with Crippen LogP contribution in [0.3, 0.4) is 0 Å². The van der Waals surface area contributed by atoms with Gasteiger partial charge in [-0.15, -0.1) is 13.2 Å². The van der Waals surface area contributed by atoms with Gasteiger partial charge in [0.25, 0.3) is 5.56 Å². The molecule has 1 aliphatic heterocycles. The summed E-state index contributed by atoms with van der Waals surface area (Å²) in [5.74, 6) is 0.0461. The Morgan fingerprint density at radius 1 is 1.20 bits per heavy atom. The molecule has 0 spiro atoms. The average Bonchev–Trinajstić information content (AvgIpc) is 3.37. The fourth-order valence-electron chi connectivity index (χ4n) is 3.94. The number of carbonyl (C=O) groups is 1. The van der Waals surface area contributed by atoms with Crippen molar-refractivity contribution >= 4 is 11.7 Å². The van der Waals surface area contributed by atoms with Crippen LogP contribution in [0.15, 0.2) is 35.1 Å². The van der Waals surface area contributed by atoms with Crippen LogP contribution in [0.5, 0.6) is 5.75 Å². The first-order valence-electron chi connectivity index (χ1n) is 10.0. The predicted octanol–water partition coefficient (Wildman–Crippen LogP) is 4.04. The number of benzene rings is 1. The second-order valence-electron chi connectivity index (χ2n) is 7.84. The molecule has 0 amide bonds. The number of hydrogen-bond donors (Lipinski definition) is 1. The molecule has 6 nitrogen and oxygen atoms in total. The Kier molecular flexibility index (Phi) is 5.53. The molecule has 1 saturated heterocycles. The summed E-state index contributed by atoms with van der Waals surface area (Å²) in [5.41, 5.74) is 0.542. The highest BCUT2D eigenvalue weighted by molar-refractivity contribution is 5.95. The van der Waals surface area contributed by atoms with E-state index < -0.39 is 6.36 Å². The van der Waals surface area contributed by atoms with E-state index in [1.807, 2.05) is 4.90 Å². The average molecular weight is 421 g/mol. The van der Waals surface area contributed by atoms with E-state index in [2.05, 4.69) is 14.7 Å². The number of hydrogen-bond acceptors (Lipinski definition) is 5. The van der Waals surface area contributed by atoms with E-state index in [1.165, 1.54) is 18.2 Å². The third-order valence-electron chi connectivity index (χ3n) is 5.56. The maximum atomic E-state index is 12.9. The van der Waals surface area contributed by atoms with Gasteiger partial charge in [-0.25, -0.2) is 4.98 Å². The number of halogens is 3. The maximum Gasteiger partial charge on any atom is 0.573 e. The molecular formula is C21H22F3N3O3. The van der Waals surface area contributed by atoms with E-state index in [-0.39, 0.29) is 35.1 Å². The zero-order valence-electron chi connectivity index (χ0n) is 16.2. The monoisotopic (exact) mass is 421 g/mol. The van der Waals surface area contributed by atoms with Gasteiger partial charge in [-0.1, -0.05) is 12.1 Å². The van der Waals surface area contributed by atoms with Crippen LogP contribution in [0, 0.1) is 5.92 Å². The number of aromatic nitrogens is 2. The largest absolute Gasteiger partial charge is 0.573 e. The number of anilines is 1. The number of aromatic amines is 1. The first kappa shape index (κ1) is 20.4. The van der Waals surface area contributed by atoms with Crippen LogP contribution in [-0.2, 0) is 0 Å². The summed E-state index contributed by atoms with van der Waals surface area (Å²) in [6.45, 7) is 1.58. The number of alkyl halides is 3. The molecule has 160 valence electrons. The van der Waals surface area contributed by atoms with E-state index in [0.717, 1.165) is 44.3 Å². The van der Waals surface area contributed by atoms with Gasteiger partial charge >= 0.3 is 6.36 Å². The van der Waals surface area contributed by atoms with Crippen LogP contribution in [0.25, 0.3) is 0 Å². The molecule has 2 aliphatic rings. The fourth-order valence-corrected chi connectivity index (χ4v) is 3.94. The molecule has 1 saturated carbocycles. The van der Waals surface area contributed by atoms with Gasteiger partial charge in [-0.2, -0.15) is 0 Å². The number of ether oxygens (including phenoxy) is 1. The van der Waals surface area contributed by atoms with Gasteiger partial charge in [0.1, 0.15) is 11.4 Å². The zero-order valence-corrected chi connectivity index (χ0v) is 16.2. The van der Waals surface area contributed by atoms with Crippen molar-refractivity contribution in [3.8, 4) is 5.75 Å². The number of carbonyl (C=O) groups excluding carboxylic acids is 1. The van der Waals surface area contributed by atoms with Crippen molar-refractivity contribution in [3.05, 3.63) is 51.9 Å². The third-order valence-corrected chi connectivity index (χ3v) is 5.56. The van der Waals surface area contributed by atoms with E-state index in [4.69, 9.17) is 0 Å². The smallest absolute Gasteiger partial charge is 0.406 e. The van der Waals surface area contributed by atoms with E-state index in [1.54, 1.807) is 12.1 Å². The Morgan fingerprint density at radius 3 is 2.47 bits per heavy atom. The minimum atomic E-state index is -4.74. The highest BCUT2D eigenvalue weighted by Gasteiger charge is 2.35. The molecular weight excluding hydrogens is 399 g/mol. The van der Waals surface area contributed by atoms with Crippen molar-refractivity contribution < 1.29 is 22.7 Å². The predicted molar refractivity (Wildman–Crippen MR) is 104 cm³/mol. The first-order valence-corrected chi connectivity index (χ1v) is 10.0. The first-order chi connectivity index (χ1) is 14.3. The van der Waals surface area contributed by atoms with E-state index >= 15 is 0 Å². The SMILES string of the molecule is O=C(C[C@@H](c1ccc(OC(F)(F)F)cc1)C1CC1)c1cc(=O)[nH]c(N2CCCC2)n1. The number of rotatable bonds is 7. The Labute approximate surface area is 171 Å². The molecule has 0 bridgehead atoms. The summed E-state index contributed by atoms with van der Waals surface area (Å²) < 4.78 is 41.0. The number of ketones is 1. The Bertz CT molecular complexity index is 962. The standard InChI is InChI=1S/C21H22F3N3O3/c22-21(23,24)30-15-7-5-14(6-8-15)16(13-3-4-13)11-18(28)17-12-19(29)26-20(25-17)27-9-1-2-10-27/h5-8,12-13,16H,1-4,9-11H2,(H,25,26,29)/t16-/m1/s1. The highest BCUT2D eigenvalue weighted by Crippen LogP contribution is 2.45. The van der Waals surface area contributed by atoms with Crippen molar-refractivity contribution in [1.82, 2.24) is 9.97 Å². The van der Waals surface area contributed by atoms with Crippen molar-refractivity contribution in [1.29, 1.82) is 0 Å². The summed E-state index contributed by atoms with van der Waals surface area (Å²) in [6, 6.07) is 6.88. The Balaban J connectivity index is 1.51. The number of nitrogens with zero attached hydrogens (tertiary/aromatic N) is 2. The molecule has 0 unspecified atom stereocenters. The van der Waals surface area contributed by atoms with Gasteiger partial charge in [0, 0.05) is 25.6 Å². The summed E-state index contributed by atoms with van der Waals surface area (Å²) in [5, 5.41) is 0. The molecule has 2 fully saturated rings. The topological polar surface area (TPSA) is 75.3 Å². The van der Waals surface area contributed by atoms with Crippen LogP contribution in [0.1, 0.15) is 54.1 Å². The Hall–Kier alpha value is -2.84. The minimum Gasteiger partial charge on any atom is -0.406 e. The molecule has 30 heavy (non-hydrogen) atoms. The molecule has 2 aromatic rings. The third kappa shape index (κ3) is 5.01. The molecule has 1 N–H and O–H groups in total. The molecule has 1 aliphatic carbocycles. The van der Waals surface area contributed by atoms with E-state index in [0.29, 0.717) is 11.9 Å². The number of H-pyrrole nitrogens is 1. The molecule has 1 aromatic carbocycles. The molecule has 4 rings (SSSR count). The second-order valence-corrected chi connectivity index (χ2v) is 7.84. The van der Waals surface area contributed by atoms with Gasteiger partial charge in [-0.3, -0.25) is 14.6 Å². The zero-order chi connectivity index (χ0) is 21.3. The lowest BCUT2D eigenvalue weighted by Gasteiger charge is -2.18. The molecule has 9 heteroatoms. The molecule has 0 radical (unpaired) electrons. The lowest BCUT2D eigenvalue weighted by molar-refractivity contribution is -0.274. The van der Waals surface area contributed by atoms with E-state index in [9.17, 15) is 22.8 Å². The van der Waals surface area contributed by atoms with Crippen LogP contribution < -0.4 is 15.2 Å². The van der Waals surface area contributed by atoms with Crippen LogP contribution in [0.2, 0.25) is 0 Å². The lowest BCUT2D eigenvalue weighted by Crippen LogP contribution is -2.25. The van der Waals surface area contributed by atoms with Crippen LogP contribution >= 0.6 is 0 Å². The highest BCUT2D eigenvalue weighted by atomic mass is 19.4. The fraction of sp³-hybridized carbons (Fsp3) is 0.476. The van der Waals surface area contributed by atoms with Crippen molar-refractivity contribution in [2.75, 3.05) is 18.0 Å². The second kappa shape index (κ2) is 8.12. The summed E-state index contributed by atoms with van der Waals surface area (Å²) >= 11 is 0. The van der Waals surface area contributed by atoms with Crippen LogP contribution in [0.4, 0.5) is 19.1 Å². The van der Waals surface area contributed by atoms with Crippen molar-refractivity contribution in [2.45, 2.75) is 44.4 Å². The number of nitrogens with one attached hydrogen (secondary N) is 1. The minimum absolute atomic E-state index is 0.128. The quantitative estimate of drug-likeness (QED) is 0.683.